The lowest BCUT2D eigenvalue weighted by Gasteiger charge is -2.33. The van der Waals surface area contributed by atoms with E-state index in [9.17, 15) is 19.2 Å². The number of rotatable bonds is 7. The number of ether oxygens (including phenoxy) is 4. The summed E-state index contributed by atoms with van der Waals surface area (Å²) in [7, 11) is 0. The van der Waals surface area contributed by atoms with Crippen LogP contribution in [0, 0.1) is 0 Å². The number of carbonyl (C=O) groups excluding carboxylic acids is 4. The van der Waals surface area contributed by atoms with Crippen molar-refractivity contribution in [2.24, 2.45) is 0 Å². The molecule has 196 valence electrons. The number of nitrogens with zero attached hydrogens (tertiary/aromatic N) is 1. The molecule has 0 aromatic heterocycles. The van der Waals surface area contributed by atoms with E-state index in [0.29, 0.717) is 4.90 Å². The highest BCUT2D eigenvalue weighted by Crippen LogP contribution is 2.22. The molecule has 35 heavy (non-hydrogen) atoms. The Morgan fingerprint density at radius 1 is 0.743 bits per heavy atom. The summed E-state index contributed by atoms with van der Waals surface area (Å²) in [5.74, 6) is -1.47. The van der Waals surface area contributed by atoms with Crippen LogP contribution in [0.15, 0.2) is 30.3 Å². The first-order valence-corrected chi connectivity index (χ1v) is 11.6. The lowest BCUT2D eigenvalue weighted by Crippen LogP contribution is -2.53. The second-order valence-electron chi connectivity index (χ2n) is 11.1. The molecule has 0 saturated carbocycles. The minimum atomic E-state index is -1.47. The topological polar surface area (TPSA) is 108 Å². The molecule has 0 aliphatic heterocycles. The maximum absolute atomic E-state index is 13.1. The molecule has 9 heteroatoms. The molecule has 1 aromatic rings. The van der Waals surface area contributed by atoms with E-state index < -0.39 is 47.0 Å². The highest BCUT2D eigenvalue weighted by Gasteiger charge is 2.42. The van der Waals surface area contributed by atoms with Crippen LogP contribution in [0.2, 0.25) is 0 Å². The first kappa shape index (κ1) is 29.9. The van der Waals surface area contributed by atoms with Gasteiger partial charge in [0, 0.05) is 6.42 Å². The van der Waals surface area contributed by atoms with Crippen molar-refractivity contribution in [2.45, 2.75) is 105 Å². The van der Waals surface area contributed by atoms with Crippen molar-refractivity contribution < 1.29 is 38.1 Å². The van der Waals surface area contributed by atoms with E-state index in [2.05, 4.69) is 0 Å². The summed E-state index contributed by atoms with van der Waals surface area (Å²) >= 11 is 0. The predicted molar refractivity (Wildman–Crippen MR) is 129 cm³/mol. The minimum Gasteiger partial charge on any atom is -0.461 e. The van der Waals surface area contributed by atoms with E-state index in [0.717, 1.165) is 5.56 Å². The fourth-order valence-corrected chi connectivity index (χ4v) is 2.74. The molecule has 0 aliphatic rings. The monoisotopic (exact) mass is 493 g/mol. The lowest BCUT2D eigenvalue weighted by atomic mass is 10.1. The summed E-state index contributed by atoms with van der Waals surface area (Å²) in [4.78, 5) is 52.2. The molecule has 0 spiro atoms. The maximum Gasteiger partial charge on any atom is 0.420 e. The summed E-state index contributed by atoms with van der Waals surface area (Å²) in [6.07, 6.45) is -2.65. The zero-order valence-corrected chi connectivity index (χ0v) is 22.3. The van der Waals surface area contributed by atoms with Crippen LogP contribution < -0.4 is 0 Å². The third-order valence-electron chi connectivity index (χ3n) is 4.04. The van der Waals surface area contributed by atoms with Gasteiger partial charge in [0.05, 0.1) is 0 Å². The van der Waals surface area contributed by atoms with Gasteiger partial charge in [-0.1, -0.05) is 30.3 Å². The molecular formula is C26H39NO8. The van der Waals surface area contributed by atoms with Gasteiger partial charge < -0.3 is 18.9 Å². The van der Waals surface area contributed by atoms with Crippen molar-refractivity contribution in [1.29, 1.82) is 0 Å². The number of esters is 2. The van der Waals surface area contributed by atoms with E-state index in [4.69, 9.17) is 18.9 Å². The van der Waals surface area contributed by atoms with Crippen molar-refractivity contribution in [3.8, 4) is 0 Å². The zero-order valence-electron chi connectivity index (χ0n) is 22.3. The minimum absolute atomic E-state index is 0.0542. The van der Waals surface area contributed by atoms with Crippen molar-refractivity contribution >= 4 is 24.1 Å². The summed E-state index contributed by atoms with van der Waals surface area (Å²) in [6.45, 7) is 14.8. The van der Waals surface area contributed by atoms with Crippen molar-refractivity contribution in [2.75, 3.05) is 0 Å². The Morgan fingerprint density at radius 2 is 1.20 bits per heavy atom. The Balaban J connectivity index is 3.17. The molecule has 0 bridgehead atoms. The van der Waals surface area contributed by atoms with E-state index >= 15 is 0 Å². The number of hydrogen-bond acceptors (Lipinski definition) is 8. The smallest absolute Gasteiger partial charge is 0.420 e. The number of benzene rings is 1. The SMILES string of the molecule is CC(C)(C)OC(=O)[C@H](CCC(=O)OCc1ccccc1)N(C(=O)OC(C)(C)C)C(=O)OC(C)(C)C. The van der Waals surface area contributed by atoms with Gasteiger partial charge in [0.25, 0.3) is 0 Å². The molecule has 1 atom stereocenters. The largest absolute Gasteiger partial charge is 0.461 e. The van der Waals surface area contributed by atoms with Gasteiger partial charge >= 0.3 is 24.1 Å². The van der Waals surface area contributed by atoms with Crippen LogP contribution >= 0.6 is 0 Å². The first-order chi connectivity index (χ1) is 15.9. The number of imide groups is 1. The summed E-state index contributed by atoms with van der Waals surface area (Å²) < 4.78 is 21.5. The zero-order chi connectivity index (χ0) is 27.0. The van der Waals surface area contributed by atoms with E-state index in [-0.39, 0.29) is 19.4 Å². The Bertz CT molecular complexity index is 847. The van der Waals surface area contributed by atoms with Gasteiger partial charge in [-0.3, -0.25) is 4.79 Å². The molecule has 0 fully saturated rings. The van der Waals surface area contributed by atoms with E-state index in [1.165, 1.54) is 0 Å². The van der Waals surface area contributed by atoms with Crippen molar-refractivity contribution in [1.82, 2.24) is 4.90 Å². The average molecular weight is 494 g/mol. The third-order valence-corrected chi connectivity index (χ3v) is 4.04. The Kier molecular flexibility index (Phi) is 10.3. The fraction of sp³-hybridized carbons (Fsp3) is 0.615. The maximum atomic E-state index is 13.1. The Hall–Kier alpha value is -3.10. The quantitative estimate of drug-likeness (QED) is 0.367. The molecule has 1 aromatic carbocycles. The van der Waals surface area contributed by atoms with Crippen LogP contribution in [-0.2, 0) is 35.1 Å². The Morgan fingerprint density at radius 3 is 1.63 bits per heavy atom. The van der Waals surface area contributed by atoms with Gasteiger partial charge in [-0.05, 0) is 74.3 Å². The first-order valence-electron chi connectivity index (χ1n) is 11.6. The van der Waals surface area contributed by atoms with Gasteiger partial charge in [-0.2, -0.15) is 4.90 Å². The van der Waals surface area contributed by atoms with Crippen LogP contribution in [0.1, 0.15) is 80.7 Å². The summed E-state index contributed by atoms with van der Waals surface area (Å²) in [5, 5.41) is 0. The number of hydrogen-bond donors (Lipinski definition) is 0. The van der Waals surface area contributed by atoms with E-state index in [1.54, 1.807) is 62.3 Å². The van der Waals surface area contributed by atoms with Crippen LogP contribution in [0.5, 0.6) is 0 Å². The van der Waals surface area contributed by atoms with E-state index in [1.807, 2.05) is 30.3 Å². The second-order valence-corrected chi connectivity index (χ2v) is 11.1. The van der Waals surface area contributed by atoms with Gasteiger partial charge in [-0.15, -0.1) is 0 Å². The van der Waals surface area contributed by atoms with Gasteiger partial charge in [0.15, 0.2) is 0 Å². The molecule has 0 saturated heterocycles. The van der Waals surface area contributed by atoms with Gasteiger partial charge in [-0.25, -0.2) is 14.4 Å². The molecule has 2 amide bonds. The van der Waals surface area contributed by atoms with Crippen LogP contribution in [0.25, 0.3) is 0 Å². The summed E-state index contributed by atoms with van der Waals surface area (Å²) in [5.41, 5.74) is -2.01. The molecule has 0 N–H and O–H groups in total. The van der Waals surface area contributed by atoms with Crippen LogP contribution in [-0.4, -0.2) is 51.9 Å². The molecule has 9 nitrogen and oxygen atoms in total. The molecule has 1 rings (SSSR count). The second kappa shape index (κ2) is 12.0. The highest BCUT2D eigenvalue weighted by molar-refractivity contribution is 5.94. The predicted octanol–water partition coefficient (Wildman–Crippen LogP) is 5.39. The number of carbonyl (C=O) groups is 4. The molecule has 0 radical (unpaired) electrons. The van der Waals surface area contributed by atoms with Crippen LogP contribution in [0.4, 0.5) is 9.59 Å². The van der Waals surface area contributed by atoms with Gasteiger partial charge in [0.2, 0.25) is 0 Å². The molecule has 0 heterocycles. The normalized spacial score (nSPS) is 12.8. The van der Waals surface area contributed by atoms with Gasteiger partial charge in [0.1, 0.15) is 29.5 Å². The molecular weight excluding hydrogens is 454 g/mol. The van der Waals surface area contributed by atoms with Crippen LogP contribution in [0.3, 0.4) is 0 Å². The lowest BCUT2D eigenvalue weighted by molar-refractivity contribution is -0.161. The highest BCUT2D eigenvalue weighted by atomic mass is 16.6. The summed E-state index contributed by atoms with van der Waals surface area (Å²) in [6, 6.07) is 7.64. The third kappa shape index (κ3) is 12.2. The Labute approximate surface area is 208 Å². The molecule has 0 aliphatic carbocycles. The molecule has 0 unspecified atom stereocenters. The average Bonchev–Trinajstić information content (AvgIpc) is 2.65. The standard InChI is InChI=1S/C26H39NO8/c1-24(2,3)33-21(29)19(15-16-20(28)32-17-18-13-11-10-12-14-18)27(22(30)34-25(4,5)6)23(31)35-26(7,8)9/h10-14,19H,15-17H2,1-9H3/t19-/m0/s1. The number of amides is 2. The van der Waals surface area contributed by atoms with Crippen molar-refractivity contribution in [3.05, 3.63) is 35.9 Å². The van der Waals surface area contributed by atoms with Crippen molar-refractivity contribution in [3.63, 3.8) is 0 Å². The fourth-order valence-electron chi connectivity index (χ4n) is 2.74.